The molecule has 2 aromatic carbocycles. The van der Waals surface area contributed by atoms with E-state index < -0.39 is 24.2 Å². The number of carbonyl (C=O) groups excluding carboxylic acids is 2. The molecule has 0 aromatic heterocycles. The minimum Gasteiger partial charge on any atom is -0.487 e. The predicted octanol–water partition coefficient (Wildman–Crippen LogP) is 2.24. The fraction of sp³-hybridized carbons (Fsp3) is 0.333. The summed E-state index contributed by atoms with van der Waals surface area (Å²) < 4.78 is 11.2. The number of aliphatic hydroxyl groups excluding tert-OH is 1. The minimum atomic E-state index is -0.840. The largest absolute Gasteiger partial charge is 0.487 e. The maximum Gasteiger partial charge on any atom is 0.410 e. The first-order valence-electron chi connectivity index (χ1n) is 9.15. The van der Waals surface area contributed by atoms with Crippen LogP contribution in [-0.4, -0.2) is 47.3 Å². The Morgan fingerprint density at radius 2 is 1.96 bits per heavy atom. The third-order valence-electron chi connectivity index (χ3n) is 4.72. The number of nitrogens with zero attached hydrogens (tertiary/aromatic N) is 1. The van der Waals surface area contributed by atoms with E-state index in [4.69, 9.17) is 15.2 Å². The molecular weight excluding hydrogens is 360 g/mol. The Labute approximate surface area is 163 Å². The van der Waals surface area contributed by atoms with E-state index in [-0.39, 0.29) is 13.2 Å². The van der Waals surface area contributed by atoms with Gasteiger partial charge in [0.15, 0.2) is 0 Å². The fourth-order valence-electron chi connectivity index (χ4n) is 3.12. The molecule has 2 amide bonds. The van der Waals surface area contributed by atoms with Gasteiger partial charge in [-0.25, -0.2) is 4.79 Å². The zero-order valence-corrected chi connectivity index (χ0v) is 15.7. The lowest BCUT2D eigenvalue weighted by Crippen LogP contribution is -2.51. The summed E-state index contributed by atoms with van der Waals surface area (Å²) in [5, 5.41) is 10.4. The van der Waals surface area contributed by atoms with Crippen LogP contribution in [0.4, 0.5) is 4.79 Å². The average molecular weight is 384 g/mol. The molecule has 1 aliphatic heterocycles. The van der Waals surface area contributed by atoms with Crippen molar-refractivity contribution < 1.29 is 24.2 Å². The van der Waals surface area contributed by atoms with Crippen LogP contribution in [0.5, 0.6) is 5.75 Å². The number of carbonyl (C=O) groups is 2. The van der Waals surface area contributed by atoms with Crippen LogP contribution in [0.1, 0.15) is 27.9 Å². The third-order valence-corrected chi connectivity index (χ3v) is 4.72. The van der Waals surface area contributed by atoms with E-state index in [9.17, 15) is 14.7 Å². The molecule has 148 valence electrons. The summed E-state index contributed by atoms with van der Waals surface area (Å²) in [7, 11) is 0. The van der Waals surface area contributed by atoms with E-state index in [2.05, 4.69) is 0 Å². The number of primary amides is 1. The SMILES string of the molecule is Cc1cc(C(N)=O)ccc1O[C@H]1CCN(C(=O)OCc2ccccc2)C[C@@H]1O. The van der Waals surface area contributed by atoms with Gasteiger partial charge in [0.05, 0.1) is 6.54 Å². The number of piperidine rings is 1. The van der Waals surface area contributed by atoms with E-state index in [1.54, 1.807) is 18.2 Å². The zero-order chi connectivity index (χ0) is 20.1. The Hall–Kier alpha value is -3.06. The number of aliphatic hydroxyl groups is 1. The fourth-order valence-corrected chi connectivity index (χ4v) is 3.12. The van der Waals surface area contributed by atoms with Gasteiger partial charge in [-0.05, 0) is 36.2 Å². The molecule has 0 aliphatic carbocycles. The third kappa shape index (κ3) is 4.80. The second-order valence-corrected chi connectivity index (χ2v) is 6.84. The van der Waals surface area contributed by atoms with Crippen molar-refractivity contribution in [3.05, 3.63) is 65.2 Å². The molecule has 3 N–H and O–H groups in total. The van der Waals surface area contributed by atoms with Crippen molar-refractivity contribution in [3.8, 4) is 5.75 Å². The van der Waals surface area contributed by atoms with Crippen molar-refractivity contribution >= 4 is 12.0 Å². The molecule has 0 spiro atoms. The Morgan fingerprint density at radius 3 is 2.61 bits per heavy atom. The second kappa shape index (κ2) is 8.75. The topological polar surface area (TPSA) is 102 Å². The highest BCUT2D eigenvalue weighted by Gasteiger charge is 2.32. The first-order chi connectivity index (χ1) is 13.4. The van der Waals surface area contributed by atoms with E-state index >= 15 is 0 Å². The Morgan fingerprint density at radius 1 is 1.21 bits per heavy atom. The summed E-state index contributed by atoms with van der Waals surface area (Å²) in [5.41, 5.74) is 7.34. The Kier molecular flexibility index (Phi) is 6.16. The molecule has 1 heterocycles. The molecule has 2 aromatic rings. The summed E-state index contributed by atoms with van der Waals surface area (Å²) in [6.07, 6.45) is -1.27. The first kappa shape index (κ1) is 19.7. The van der Waals surface area contributed by atoms with Crippen molar-refractivity contribution in [2.24, 2.45) is 5.73 Å². The van der Waals surface area contributed by atoms with Gasteiger partial charge >= 0.3 is 6.09 Å². The van der Waals surface area contributed by atoms with E-state index in [0.717, 1.165) is 11.1 Å². The molecule has 7 heteroatoms. The highest BCUT2D eigenvalue weighted by Crippen LogP contribution is 2.24. The molecule has 2 atom stereocenters. The molecule has 3 rings (SSSR count). The number of hydrogen-bond donors (Lipinski definition) is 2. The van der Waals surface area contributed by atoms with Gasteiger partial charge in [-0.2, -0.15) is 0 Å². The van der Waals surface area contributed by atoms with Crippen LogP contribution in [-0.2, 0) is 11.3 Å². The highest BCUT2D eigenvalue weighted by atomic mass is 16.6. The molecule has 1 aliphatic rings. The molecule has 0 unspecified atom stereocenters. The molecule has 7 nitrogen and oxygen atoms in total. The van der Waals surface area contributed by atoms with Gasteiger partial charge in [0, 0.05) is 18.5 Å². The van der Waals surface area contributed by atoms with Gasteiger partial charge < -0.3 is 25.2 Å². The summed E-state index contributed by atoms with van der Waals surface area (Å²) >= 11 is 0. The molecule has 1 fully saturated rings. The van der Waals surface area contributed by atoms with Crippen LogP contribution < -0.4 is 10.5 Å². The smallest absolute Gasteiger partial charge is 0.410 e. The number of benzene rings is 2. The molecule has 0 saturated carbocycles. The monoisotopic (exact) mass is 384 g/mol. The van der Waals surface area contributed by atoms with E-state index in [0.29, 0.717) is 24.3 Å². The standard InChI is InChI=1S/C21H24N2O5/c1-14-11-16(20(22)25)7-8-18(14)28-19-9-10-23(12-17(19)24)21(26)27-13-15-5-3-2-4-6-15/h2-8,11,17,19,24H,9-10,12-13H2,1H3,(H2,22,25)/t17-,19-/m0/s1. The lowest BCUT2D eigenvalue weighted by molar-refractivity contribution is -0.0255. The zero-order valence-electron chi connectivity index (χ0n) is 15.7. The summed E-state index contributed by atoms with van der Waals surface area (Å²) in [5.74, 6) is 0.0752. The van der Waals surface area contributed by atoms with Crippen LogP contribution in [0.15, 0.2) is 48.5 Å². The second-order valence-electron chi connectivity index (χ2n) is 6.84. The number of rotatable bonds is 5. The number of β-amino-alcohol motifs (C(OH)–C–C–N with tert-alkyl or cyclic N) is 1. The Balaban J connectivity index is 1.53. The number of nitrogens with two attached hydrogens (primary N) is 1. The predicted molar refractivity (Wildman–Crippen MR) is 103 cm³/mol. The molecule has 0 radical (unpaired) electrons. The number of aryl methyl sites for hydroxylation is 1. The lowest BCUT2D eigenvalue weighted by atomic mass is 10.0. The van der Waals surface area contributed by atoms with Crippen molar-refractivity contribution in [2.75, 3.05) is 13.1 Å². The maximum absolute atomic E-state index is 12.2. The molecular formula is C21H24N2O5. The van der Waals surface area contributed by atoms with Crippen LogP contribution in [0, 0.1) is 6.92 Å². The van der Waals surface area contributed by atoms with E-state index in [1.165, 1.54) is 4.90 Å². The molecule has 1 saturated heterocycles. The van der Waals surface area contributed by atoms with Crippen LogP contribution >= 0.6 is 0 Å². The first-order valence-corrected chi connectivity index (χ1v) is 9.15. The lowest BCUT2D eigenvalue weighted by Gasteiger charge is -2.35. The van der Waals surface area contributed by atoms with Crippen molar-refractivity contribution in [1.29, 1.82) is 0 Å². The van der Waals surface area contributed by atoms with Gasteiger partial charge in [0.1, 0.15) is 24.6 Å². The van der Waals surface area contributed by atoms with Gasteiger partial charge in [0.2, 0.25) is 5.91 Å². The average Bonchev–Trinajstić information content (AvgIpc) is 2.69. The normalized spacial score (nSPS) is 19.1. The van der Waals surface area contributed by atoms with Crippen molar-refractivity contribution in [2.45, 2.75) is 32.2 Å². The summed E-state index contributed by atoms with van der Waals surface area (Å²) in [4.78, 5) is 25.0. The number of ether oxygens (including phenoxy) is 2. The van der Waals surface area contributed by atoms with Gasteiger partial charge in [-0.3, -0.25) is 4.79 Å². The van der Waals surface area contributed by atoms with Crippen LogP contribution in [0.25, 0.3) is 0 Å². The van der Waals surface area contributed by atoms with Crippen LogP contribution in [0.3, 0.4) is 0 Å². The number of likely N-dealkylation sites (tertiary alicyclic amines) is 1. The van der Waals surface area contributed by atoms with Crippen molar-refractivity contribution in [3.63, 3.8) is 0 Å². The molecule has 28 heavy (non-hydrogen) atoms. The Bertz CT molecular complexity index is 840. The maximum atomic E-state index is 12.2. The quantitative estimate of drug-likeness (QED) is 0.823. The van der Waals surface area contributed by atoms with Gasteiger partial charge in [-0.15, -0.1) is 0 Å². The summed E-state index contributed by atoms with van der Waals surface area (Å²) in [6, 6.07) is 14.3. The highest BCUT2D eigenvalue weighted by molar-refractivity contribution is 5.93. The van der Waals surface area contributed by atoms with Crippen LogP contribution in [0.2, 0.25) is 0 Å². The van der Waals surface area contributed by atoms with Gasteiger partial charge in [-0.1, -0.05) is 30.3 Å². The number of hydrogen-bond acceptors (Lipinski definition) is 5. The van der Waals surface area contributed by atoms with E-state index in [1.807, 2.05) is 37.3 Å². The number of amides is 2. The summed E-state index contributed by atoms with van der Waals surface area (Å²) in [6.45, 7) is 2.56. The minimum absolute atomic E-state index is 0.136. The van der Waals surface area contributed by atoms with Crippen molar-refractivity contribution in [1.82, 2.24) is 4.90 Å². The van der Waals surface area contributed by atoms with Gasteiger partial charge in [0.25, 0.3) is 0 Å². The molecule has 0 bridgehead atoms.